The number of aromatic nitrogens is 1. The monoisotopic (exact) mass is 357 g/mol. The fourth-order valence-electron chi connectivity index (χ4n) is 3.45. The van der Waals surface area contributed by atoms with Gasteiger partial charge in [-0.1, -0.05) is 23.4 Å². The first kappa shape index (κ1) is 17.1. The molecular formula is C19H23N3O4. The number of likely N-dealkylation sites (tertiary alicyclic amines) is 1. The van der Waals surface area contributed by atoms with E-state index in [0.29, 0.717) is 37.7 Å². The normalized spacial score (nSPS) is 18.9. The van der Waals surface area contributed by atoms with E-state index in [0.717, 1.165) is 37.2 Å². The van der Waals surface area contributed by atoms with Crippen LogP contribution in [0.5, 0.6) is 5.75 Å². The highest BCUT2D eigenvalue weighted by Gasteiger charge is 2.24. The van der Waals surface area contributed by atoms with Crippen LogP contribution in [0.3, 0.4) is 0 Å². The van der Waals surface area contributed by atoms with Gasteiger partial charge in [-0.15, -0.1) is 0 Å². The third-order valence-electron chi connectivity index (χ3n) is 4.95. The molecule has 26 heavy (non-hydrogen) atoms. The van der Waals surface area contributed by atoms with Gasteiger partial charge in [0.15, 0.2) is 11.5 Å². The van der Waals surface area contributed by atoms with Gasteiger partial charge in [-0.25, -0.2) is 0 Å². The van der Waals surface area contributed by atoms with Crippen molar-refractivity contribution >= 4 is 5.91 Å². The van der Waals surface area contributed by atoms with Crippen LogP contribution in [0.4, 0.5) is 0 Å². The highest BCUT2D eigenvalue weighted by molar-refractivity contribution is 5.92. The van der Waals surface area contributed by atoms with Crippen LogP contribution in [0, 0.1) is 0 Å². The Morgan fingerprint density at radius 2 is 2.04 bits per heavy atom. The predicted octanol–water partition coefficient (Wildman–Crippen LogP) is 1.67. The molecule has 4 rings (SSSR count). The number of hydrogen-bond donors (Lipinski definition) is 1. The van der Waals surface area contributed by atoms with E-state index in [1.54, 1.807) is 11.0 Å². The minimum atomic E-state index is -0.203. The zero-order valence-corrected chi connectivity index (χ0v) is 14.6. The number of para-hydroxylation sites is 1. The number of aliphatic hydroxyl groups excluding tert-OH is 1. The van der Waals surface area contributed by atoms with E-state index >= 15 is 0 Å². The second kappa shape index (κ2) is 7.47. The molecule has 1 aromatic carbocycles. The lowest BCUT2D eigenvalue weighted by Crippen LogP contribution is -2.35. The largest absolute Gasteiger partial charge is 0.491 e. The minimum absolute atomic E-state index is 0.144. The van der Waals surface area contributed by atoms with Crippen LogP contribution in [0.25, 0.3) is 0 Å². The molecule has 0 spiro atoms. The molecular weight excluding hydrogens is 334 g/mol. The summed E-state index contributed by atoms with van der Waals surface area (Å²) in [5.74, 6) is 1.36. The SMILES string of the molecule is O=C(c1cc(CN2CCC(O)CC2)on1)N1CCOc2ccccc2C1. The third-order valence-corrected chi connectivity index (χ3v) is 4.95. The van der Waals surface area contributed by atoms with Gasteiger partial charge in [0.05, 0.1) is 19.2 Å². The molecule has 2 aliphatic rings. The minimum Gasteiger partial charge on any atom is -0.491 e. The summed E-state index contributed by atoms with van der Waals surface area (Å²) in [6.45, 7) is 3.74. The third kappa shape index (κ3) is 3.73. The molecule has 0 unspecified atom stereocenters. The van der Waals surface area contributed by atoms with Gasteiger partial charge in [-0.2, -0.15) is 0 Å². The number of carbonyl (C=O) groups excluding carboxylic acids is 1. The van der Waals surface area contributed by atoms with Crippen LogP contribution >= 0.6 is 0 Å². The number of hydrogen-bond acceptors (Lipinski definition) is 6. The molecule has 0 saturated carbocycles. The van der Waals surface area contributed by atoms with Gasteiger partial charge in [0.25, 0.3) is 5.91 Å². The lowest BCUT2D eigenvalue weighted by molar-refractivity contribution is 0.0717. The summed E-state index contributed by atoms with van der Waals surface area (Å²) in [7, 11) is 0. The topological polar surface area (TPSA) is 79.0 Å². The highest BCUT2D eigenvalue weighted by Crippen LogP contribution is 2.23. The molecule has 2 aromatic rings. The molecule has 0 radical (unpaired) electrons. The zero-order valence-electron chi connectivity index (χ0n) is 14.6. The number of benzene rings is 1. The van der Waals surface area contributed by atoms with Crippen molar-refractivity contribution in [3.8, 4) is 5.75 Å². The molecule has 1 amide bonds. The van der Waals surface area contributed by atoms with Gasteiger partial charge in [0, 0.05) is 31.3 Å². The molecule has 7 nitrogen and oxygen atoms in total. The first-order valence-corrected chi connectivity index (χ1v) is 9.05. The summed E-state index contributed by atoms with van der Waals surface area (Å²) in [6, 6.07) is 9.50. The maximum absolute atomic E-state index is 12.8. The Hall–Kier alpha value is -2.38. The summed E-state index contributed by atoms with van der Waals surface area (Å²) in [5, 5.41) is 13.6. The Morgan fingerprint density at radius 3 is 2.88 bits per heavy atom. The fourth-order valence-corrected chi connectivity index (χ4v) is 3.45. The van der Waals surface area contributed by atoms with Gasteiger partial charge in [0.1, 0.15) is 12.4 Å². The fraction of sp³-hybridized carbons (Fsp3) is 0.474. The van der Waals surface area contributed by atoms with Crippen molar-refractivity contribution < 1.29 is 19.2 Å². The predicted molar refractivity (Wildman–Crippen MR) is 93.7 cm³/mol. The number of piperidine rings is 1. The van der Waals surface area contributed by atoms with Crippen molar-refractivity contribution in [1.29, 1.82) is 0 Å². The van der Waals surface area contributed by atoms with Gasteiger partial charge < -0.3 is 19.3 Å². The van der Waals surface area contributed by atoms with Crippen molar-refractivity contribution in [3.63, 3.8) is 0 Å². The van der Waals surface area contributed by atoms with Crippen molar-refractivity contribution in [1.82, 2.24) is 15.0 Å². The van der Waals surface area contributed by atoms with Gasteiger partial charge in [0.2, 0.25) is 0 Å². The standard InChI is InChI=1S/C19H23N3O4/c23-15-5-7-21(8-6-15)13-16-11-17(20-26-16)19(24)22-9-10-25-18-4-2-1-3-14(18)12-22/h1-4,11,15,23H,5-10,12-13H2. The number of fused-ring (bicyclic) bond motifs is 1. The summed E-state index contributed by atoms with van der Waals surface area (Å²) in [4.78, 5) is 16.8. The maximum Gasteiger partial charge on any atom is 0.276 e. The molecule has 7 heteroatoms. The highest BCUT2D eigenvalue weighted by atomic mass is 16.5. The molecule has 1 aromatic heterocycles. The van der Waals surface area contributed by atoms with E-state index in [1.807, 2.05) is 24.3 Å². The van der Waals surface area contributed by atoms with Gasteiger partial charge in [-0.05, 0) is 18.9 Å². The first-order valence-electron chi connectivity index (χ1n) is 9.05. The van der Waals surface area contributed by atoms with E-state index in [-0.39, 0.29) is 12.0 Å². The van der Waals surface area contributed by atoms with Crippen LogP contribution in [-0.2, 0) is 13.1 Å². The Balaban J connectivity index is 1.41. The summed E-state index contributed by atoms with van der Waals surface area (Å²) in [5.41, 5.74) is 1.32. The molecule has 0 aliphatic carbocycles. The Bertz CT molecular complexity index is 768. The summed E-state index contributed by atoms with van der Waals surface area (Å²) >= 11 is 0. The number of rotatable bonds is 3. The number of nitrogens with zero attached hydrogens (tertiary/aromatic N) is 3. The average molecular weight is 357 g/mol. The van der Waals surface area contributed by atoms with Crippen LogP contribution < -0.4 is 4.74 Å². The lowest BCUT2D eigenvalue weighted by atomic mass is 10.1. The first-order chi connectivity index (χ1) is 12.7. The van der Waals surface area contributed by atoms with Gasteiger partial charge in [-0.3, -0.25) is 9.69 Å². The van der Waals surface area contributed by atoms with E-state index in [9.17, 15) is 9.90 Å². The van der Waals surface area contributed by atoms with E-state index in [4.69, 9.17) is 9.26 Å². The van der Waals surface area contributed by atoms with Crippen LogP contribution in [0.1, 0.15) is 34.7 Å². The Labute approximate surface area is 152 Å². The quantitative estimate of drug-likeness (QED) is 0.900. The van der Waals surface area contributed by atoms with Crippen molar-refractivity contribution in [2.75, 3.05) is 26.2 Å². The molecule has 0 bridgehead atoms. The lowest BCUT2D eigenvalue weighted by Gasteiger charge is -2.28. The van der Waals surface area contributed by atoms with Crippen LogP contribution in [-0.4, -0.2) is 58.3 Å². The molecule has 1 fully saturated rings. The average Bonchev–Trinajstić information content (AvgIpc) is 3.00. The second-order valence-electron chi connectivity index (χ2n) is 6.87. The number of carbonyl (C=O) groups is 1. The van der Waals surface area contributed by atoms with Gasteiger partial charge >= 0.3 is 0 Å². The molecule has 2 aliphatic heterocycles. The molecule has 0 atom stereocenters. The van der Waals surface area contributed by atoms with Crippen molar-refractivity contribution in [2.45, 2.75) is 32.0 Å². The van der Waals surface area contributed by atoms with E-state index in [1.165, 1.54) is 0 Å². The zero-order chi connectivity index (χ0) is 17.9. The Morgan fingerprint density at radius 1 is 1.23 bits per heavy atom. The Kier molecular flexibility index (Phi) is 4.90. The summed E-state index contributed by atoms with van der Waals surface area (Å²) < 4.78 is 11.1. The van der Waals surface area contributed by atoms with Crippen molar-refractivity contribution in [3.05, 3.63) is 47.3 Å². The smallest absolute Gasteiger partial charge is 0.276 e. The van der Waals surface area contributed by atoms with Crippen LogP contribution in [0.2, 0.25) is 0 Å². The number of aliphatic hydroxyl groups is 1. The molecule has 3 heterocycles. The van der Waals surface area contributed by atoms with E-state index < -0.39 is 0 Å². The van der Waals surface area contributed by atoms with E-state index in [2.05, 4.69) is 10.1 Å². The number of ether oxygens (including phenoxy) is 1. The molecule has 138 valence electrons. The molecule has 1 N–H and O–H groups in total. The summed E-state index contributed by atoms with van der Waals surface area (Å²) in [6.07, 6.45) is 1.34. The van der Waals surface area contributed by atoms with Crippen LogP contribution in [0.15, 0.2) is 34.9 Å². The van der Waals surface area contributed by atoms with Crippen molar-refractivity contribution in [2.24, 2.45) is 0 Å². The number of amides is 1. The second-order valence-corrected chi connectivity index (χ2v) is 6.87. The molecule has 1 saturated heterocycles. The maximum atomic E-state index is 12.8.